The number of aromatic nitrogens is 2. The molecule has 0 radical (unpaired) electrons. The predicted octanol–water partition coefficient (Wildman–Crippen LogP) is 2.47. The number of rotatable bonds is 10. The van der Waals surface area contributed by atoms with Gasteiger partial charge < -0.3 is 5.73 Å². The number of carbonyl (C=O) groups excluding carboxylic acids is 1. The van der Waals surface area contributed by atoms with E-state index in [4.69, 9.17) is 5.73 Å². The minimum absolute atomic E-state index is 0.360. The van der Waals surface area contributed by atoms with E-state index in [9.17, 15) is 4.79 Å². The van der Waals surface area contributed by atoms with Crippen LogP contribution in [0.2, 0.25) is 0 Å². The van der Waals surface area contributed by atoms with Gasteiger partial charge in [-0.1, -0.05) is 19.8 Å². The molecule has 4 nitrogen and oxygen atoms in total. The monoisotopic (exact) mass is 265 g/mol. The van der Waals surface area contributed by atoms with Crippen LogP contribution in [0.3, 0.4) is 0 Å². The molecule has 2 N–H and O–H groups in total. The second kappa shape index (κ2) is 8.86. The number of hydrogen-bond donors (Lipinski definition) is 1. The number of nitrogens with zero attached hydrogens (tertiary/aromatic N) is 2. The van der Waals surface area contributed by atoms with Crippen molar-refractivity contribution in [1.29, 1.82) is 0 Å². The van der Waals surface area contributed by atoms with E-state index < -0.39 is 0 Å². The summed E-state index contributed by atoms with van der Waals surface area (Å²) in [4.78, 5) is 11.9. The van der Waals surface area contributed by atoms with Crippen LogP contribution < -0.4 is 5.73 Å². The van der Waals surface area contributed by atoms with Gasteiger partial charge in [-0.05, 0) is 37.8 Å². The molecule has 1 atom stereocenters. The molecule has 0 aliphatic carbocycles. The Balaban J connectivity index is 2.25. The van der Waals surface area contributed by atoms with E-state index in [0.717, 1.165) is 31.5 Å². The summed E-state index contributed by atoms with van der Waals surface area (Å²) in [5.41, 5.74) is 6.74. The van der Waals surface area contributed by atoms with Gasteiger partial charge in [-0.3, -0.25) is 9.48 Å². The first-order valence-electron chi connectivity index (χ1n) is 7.36. The van der Waals surface area contributed by atoms with Crippen LogP contribution in [0.4, 0.5) is 0 Å². The largest absolute Gasteiger partial charge is 0.330 e. The topological polar surface area (TPSA) is 60.9 Å². The summed E-state index contributed by atoms with van der Waals surface area (Å²) >= 11 is 0. The van der Waals surface area contributed by atoms with Crippen molar-refractivity contribution in [2.45, 2.75) is 51.9 Å². The van der Waals surface area contributed by atoms with Gasteiger partial charge in [0.05, 0.1) is 0 Å². The van der Waals surface area contributed by atoms with E-state index in [-0.39, 0.29) is 0 Å². The van der Waals surface area contributed by atoms with Crippen LogP contribution in [-0.4, -0.2) is 22.1 Å². The molecule has 108 valence electrons. The van der Waals surface area contributed by atoms with E-state index in [1.807, 2.05) is 17.8 Å². The highest BCUT2D eigenvalue weighted by Crippen LogP contribution is 2.18. The average molecular weight is 265 g/mol. The Hall–Kier alpha value is -1.16. The van der Waals surface area contributed by atoms with Crippen LogP contribution in [0.15, 0.2) is 12.3 Å². The Kier molecular flexibility index (Phi) is 7.41. The maximum atomic E-state index is 11.9. The first-order valence-corrected chi connectivity index (χ1v) is 7.36. The quantitative estimate of drug-likeness (QED) is 0.707. The summed E-state index contributed by atoms with van der Waals surface area (Å²) < 4.78 is 1.83. The molecule has 0 aromatic carbocycles. The average Bonchev–Trinajstić information content (AvgIpc) is 2.79. The van der Waals surface area contributed by atoms with Crippen LogP contribution >= 0.6 is 0 Å². The Labute approximate surface area is 116 Å². The summed E-state index contributed by atoms with van der Waals surface area (Å²) in [5, 5.41) is 4.11. The van der Waals surface area contributed by atoms with E-state index in [2.05, 4.69) is 12.0 Å². The number of carbonyl (C=O) groups is 1. The summed E-state index contributed by atoms with van der Waals surface area (Å²) in [6.07, 6.45) is 8.30. The summed E-state index contributed by atoms with van der Waals surface area (Å²) in [5.74, 6) is 0.981. The highest BCUT2D eigenvalue weighted by molar-refractivity contribution is 5.78. The maximum absolute atomic E-state index is 11.9. The van der Waals surface area contributed by atoms with Crippen molar-refractivity contribution < 1.29 is 4.79 Å². The fourth-order valence-corrected chi connectivity index (χ4v) is 2.48. The third kappa shape index (κ3) is 6.01. The van der Waals surface area contributed by atoms with Crippen LogP contribution in [-0.2, 0) is 18.3 Å². The van der Waals surface area contributed by atoms with Crippen molar-refractivity contribution in [2.24, 2.45) is 18.7 Å². The molecule has 1 aromatic rings. The second-order valence-corrected chi connectivity index (χ2v) is 5.26. The standard InChI is InChI=1S/C15H27N3O/c1-3-4-13(9-11-16)5-7-15(19)8-6-14-10-12-17-18(14)2/h10,12-13H,3-9,11,16H2,1-2H3. The van der Waals surface area contributed by atoms with Crippen molar-refractivity contribution in [3.63, 3.8) is 0 Å². The summed E-state index contributed by atoms with van der Waals surface area (Å²) in [7, 11) is 1.92. The molecule has 1 aromatic heterocycles. The number of nitrogens with two attached hydrogens (primary N) is 1. The van der Waals surface area contributed by atoms with Gasteiger partial charge in [-0.25, -0.2) is 0 Å². The van der Waals surface area contributed by atoms with Gasteiger partial charge >= 0.3 is 0 Å². The van der Waals surface area contributed by atoms with Crippen LogP contribution in [0.5, 0.6) is 0 Å². The van der Waals surface area contributed by atoms with Crippen LogP contribution in [0.1, 0.15) is 51.1 Å². The number of hydrogen-bond acceptors (Lipinski definition) is 3. The highest BCUT2D eigenvalue weighted by Gasteiger charge is 2.11. The third-order valence-electron chi connectivity index (χ3n) is 3.69. The Morgan fingerprint density at radius 2 is 2.16 bits per heavy atom. The number of aryl methyl sites for hydroxylation is 2. The van der Waals surface area contributed by atoms with Gasteiger partial charge in [-0.2, -0.15) is 5.10 Å². The Bertz CT molecular complexity index is 367. The highest BCUT2D eigenvalue weighted by atomic mass is 16.1. The molecule has 0 bridgehead atoms. The molecule has 0 spiro atoms. The van der Waals surface area contributed by atoms with E-state index >= 15 is 0 Å². The molecule has 0 saturated heterocycles. The lowest BCUT2D eigenvalue weighted by Gasteiger charge is -2.14. The van der Waals surface area contributed by atoms with Crippen molar-refractivity contribution >= 4 is 5.78 Å². The van der Waals surface area contributed by atoms with Gasteiger partial charge in [0.2, 0.25) is 0 Å². The van der Waals surface area contributed by atoms with E-state index in [1.165, 1.54) is 12.8 Å². The molecule has 0 fully saturated rings. The summed E-state index contributed by atoms with van der Waals surface area (Å²) in [6.45, 7) is 2.92. The molecule has 19 heavy (non-hydrogen) atoms. The second-order valence-electron chi connectivity index (χ2n) is 5.26. The van der Waals surface area contributed by atoms with Gasteiger partial charge in [0.15, 0.2) is 0 Å². The van der Waals surface area contributed by atoms with Gasteiger partial charge in [0.25, 0.3) is 0 Å². The molecule has 1 unspecified atom stereocenters. The number of ketones is 1. The molecular formula is C15H27N3O. The van der Waals surface area contributed by atoms with E-state index in [1.54, 1.807) is 6.20 Å². The molecule has 1 heterocycles. The molecule has 0 aliphatic rings. The minimum atomic E-state index is 0.360. The van der Waals surface area contributed by atoms with Crippen molar-refractivity contribution in [3.05, 3.63) is 18.0 Å². The van der Waals surface area contributed by atoms with Crippen molar-refractivity contribution in [3.8, 4) is 0 Å². The lowest BCUT2D eigenvalue weighted by atomic mass is 9.93. The van der Waals surface area contributed by atoms with Crippen molar-refractivity contribution in [2.75, 3.05) is 6.54 Å². The SMILES string of the molecule is CCCC(CCN)CCC(=O)CCc1ccnn1C. The minimum Gasteiger partial charge on any atom is -0.330 e. The predicted molar refractivity (Wildman–Crippen MR) is 77.8 cm³/mol. The molecular weight excluding hydrogens is 238 g/mol. The summed E-state index contributed by atoms with van der Waals surface area (Å²) in [6, 6.07) is 1.97. The Morgan fingerprint density at radius 3 is 2.74 bits per heavy atom. The third-order valence-corrected chi connectivity index (χ3v) is 3.69. The maximum Gasteiger partial charge on any atom is 0.133 e. The first-order chi connectivity index (χ1) is 9.17. The first kappa shape index (κ1) is 15.9. The lowest BCUT2D eigenvalue weighted by molar-refractivity contribution is -0.119. The molecule has 4 heteroatoms. The smallest absolute Gasteiger partial charge is 0.133 e. The van der Waals surface area contributed by atoms with Crippen LogP contribution in [0, 0.1) is 5.92 Å². The van der Waals surface area contributed by atoms with Gasteiger partial charge in [0.1, 0.15) is 5.78 Å². The van der Waals surface area contributed by atoms with Gasteiger partial charge in [0, 0.05) is 31.8 Å². The Morgan fingerprint density at radius 1 is 1.37 bits per heavy atom. The zero-order valence-corrected chi connectivity index (χ0v) is 12.3. The zero-order valence-electron chi connectivity index (χ0n) is 12.3. The van der Waals surface area contributed by atoms with Crippen LogP contribution in [0.25, 0.3) is 0 Å². The number of Topliss-reactive ketones (excluding diaryl/α,β-unsaturated/α-hetero) is 1. The lowest BCUT2D eigenvalue weighted by Crippen LogP contribution is -2.11. The molecule has 0 amide bonds. The normalized spacial score (nSPS) is 12.6. The van der Waals surface area contributed by atoms with E-state index in [0.29, 0.717) is 24.5 Å². The zero-order chi connectivity index (χ0) is 14.1. The van der Waals surface area contributed by atoms with Crippen molar-refractivity contribution in [1.82, 2.24) is 9.78 Å². The van der Waals surface area contributed by atoms with Gasteiger partial charge in [-0.15, -0.1) is 0 Å². The molecule has 0 saturated carbocycles. The fraction of sp³-hybridized carbons (Fsp3) is 0.733. The molecule has 1 rings (SSSR count). The molecule has 0 aliphatic heterocycles. The fourth-order valence-electron chi connectivity index (χ4n) is 2.48.